The summed E-state index contributed by atoms with van der Waals surface area (Å²) < 4.78 is 46.5. The summed E-state index contributed by atoms with van der Waals surface area (Å²) in [6.07, 6.45) is 1.23. The highest BCUT2D eigenvalue weighted by atomic mass is 32.2. The highest BCUT2D eigenvalue weighted by Crippen LogP contribution is 2.45. The number of sulfone groups is 1. The van der Waals surface area contributed by atoms with Crippen molar-refractivity contribution in [2.24, 2.45) is 0 Å². The maximum Gasteiger partial charge on any atom is 0.351 e. The summed E-state index contributed by atoms with van der Waals surface area (Å²) in [7, 11) is 1.55. The van der Waals surface area contributed by atoms with E-state index in [9.17, 15) is 13.2 Å². The van der Waals surface area contributed by atoms with Crippen LogP contribution in [0.2, 0.25) is 0 Å². The summed E-state index contributed by atoms with van der Waals surface area (Å²) in [5.41, 5.74) is 0.891. The summed E-state index contributed by atoms with van der Waals surface area (Å²) in [6, 6.07) is 9.68. The van der Waals surface area contributed by atoms with Crippen molar-refractivity contribution < 1.29 is 32.2 Å². The van der Waals surface area contributed by atoms with E-state index in [1.54, 1.807) is 35.2 Å². The molecule has 8 nitrogen and oxygen atoms in total. The van der Waals surface area contributed by atoms with Crippen molar-refractivity contribution in [2.45, 2.75) is 4.90 Å². The first-order chi connectivity index (χ1) is 13.4. The molecule has 0 atom stereocenters. The summed E-state index contributed by atoms with van der Waals surface area (Å²) in [6.45, 7) is 0. The molecule has 148 valence electrons. The molecule has 3 rings (SSSR count). The highest BCUT2D eigenvalue weighted by molar-refractivity contribution is 7.96. The number of hydrogen-bond donors (Lipinski definition) is 0. The first kappa shape index (κ1) is 19.6. The monoisotopic (exact) mass is 405 g/mol. The Balaban J connectivity index is 2.30. The van der Waals surface area contributed by atoms with Gasteiger partial charge in [0, 0.05) is 18.3 Å². The van der Waals surface area contributed by atoms with Gasteiger partial charge in [-0.3, -0.25) is 0 Å². The maximum atomic E-state index is 12.9. The van der Waals surface area contributed by atoms with Gasteiger partial charge in [-0.25, -0.2) is 13.2 Å². The van der Waals surface area contributed by atoms with Crippen LogP contribution in [0.25, 0.3) is 0 Å². The van der Waals surface area contributed by atoms with Crippen molar-refractivity contribution in [3.05, 3.63) is 47.5 Å². The molecule has 1 aliphatic heterocycles. The molecule has 0 N–H and O–H groups in total. The van der Waals surface area contributed by atoms with Crippen LogP contribution in [0, 0.1) is 0 Å². The van der Waals surface area contributed by atoms with E-state index in [1.807, 2.05) is 0 Å². The molecule has 0 saturated heterocycles. The summed E-state index contributed by atoms with van der Waals surface area (Å²) in [4.78, 5) is 13.2. The normalized spacial score (nSPS) is 14.6. The van der Waals surface area contributed by atoms with Gasteiger partial charge in [-0.2, -0.15) is 0 Å². The minimum absolute atomic E-state index is 0.00773. The van der Waals surface area contributed by atoms with Gasteiger partial charge in [0.05, 0.1) is 44.7 Å². The molecule has 0 bridgehead atoms. The van der Waals surface area contributed by atoms with Crippen LogP contribution in [0.3, 0.4) is 0 Å². The second-order valence-corrected chi connectivity index (χ2v) is 7.60. The second-order valence-electron chi connectivity index (χ2n) is 5.71. The fourth-order valence-electron chi connectivity index (χ4n) is 2.94. The number of methoxy groups -OCH3 is 4. The fourth-order valence-corrected chi connectivity index (χ4v) is 4.42. The number of carbonyl (C=O) groups excluding carboxylic acids is 1. The molecule has 0 radical (unpaired) electrons. The van der Waals surface area contributed by atoms with E-state index in [0.717, 1.165) is 7.11 Å². The molecular weight excluding hydrogens is 386 g/mol. The van der Waals surface area contributed by atoms with Crippen molar-refractivity contribution in [3.8, 4) is 17.2 Å². The SMILES string of the molecule is COC(=O)C1=CN(c2cc(OC)c(OC)c(OC)c2)c2ccccc2S1(=O)=O. The summed E-state index contributed by atoms with van der Waals surface area (Å²) >= 11 is 0. The lowest BCUT2D eigenvalue weighted by Crippen LogP contribution is -2.26. The van der Waals surface area contributed by atoms with Crippen LogP contribution in [0.1, 0.15) is 0 Å². The topological polar surface area (TPSA) is 91.4 Å². The molecule has 0 aliphatic carbocycles. The third-order valence-electron chi connectivity index (χ3n) is 4.26. The van der Waals surface area contributed by atoms with Gasteiger partial charge in [-0.15, -0.1) is 0 Å². The van der Waals surface area contributed by atoms with Gasteiger partial charge in [0.1, 0.15) is 0 Å². The van der Waals surface area contributed by atoms with E-state index in [4.69, 9.17) is 14.2 Å². The van der Waals surface area contributed by atoms with Crippen molar-refractivity contribution in [3.63, 3.8) is 0 Å². The third kappa shape index (κ3) is 3.03. The lowest BCUT2D eigenvalue weighted by Gasteiger charge is -2.29. The van der Waals surface area contributed by atoms with Crippen LogP contribution in [0.15, 0.2) is 52.4 Å². The van der Waals surface area contributed by atoms with E-state index in [0.29, 0.717) is 28.6 Å². The first-order valence-corrected chi connectivity index (χ1v) is 9.60. The predicted octanol–water partition coefficient (Wildman–Crippen LogP) is 2.65. The third-order valence-corrected chi connectivity index (χ3v) is 6.04. The quantitative estimate of drug-likeness (QED) is 0.701. The predicted molar refractivity (Wildman–Crippen MR) is 102 cm³/mol. The molecule has 9 heteroatoms. The summed E-state index contributed by atoms with van der Waals surface area (Å²) in [5, 5.41) is 0. The zero-order valence-electron chi connectivity index (χ0n) is 15.8. The number of esters is 1. The van der Waals surface area contributed by atoms with Gasteiger partial charge >= 0.3 is 5.97 Å². The lowest BCUT2D eigenvalue weighted by atomic mass is 10.2. The molecule has 0 spiro atoms. The zero-order chi connectivity index (χ0) is 20.5. The molecule has 0 aromatic heterocycles. The van der Waals surface area contributed by atoms with E-state index in [-0.39, 0.29) is 4.90 Å². The molecular formula is C19H19NO7S. The Hall–Kier alpha value is -3.20. The molecule has 1 aliphatic rings. The average molecular weight is 405 g/mol. The van der Waals surface area contributed by atoms with Gasteiger partial charge in [-0.05, 0) is 12.1 Å². The molecule has 28 heavy (non-hydrogen) atoms. The fraction of sp³-hybridized carbons (Fsp3) is 0.211. The highest BCUT2D eigenvalue weighted by Gasteiger charge is 2.36. The van der Waals surface area contributed by atoms with Crippen molar-refractivity contribution in [2.75, 3.05) is 33.3 Å². The molecule has 0 saturated carbocycles. The van der Waals surface area contributed by atoms with Gasteiger partial charge < -0.3 is 23.8 Å². The van der Waals surface area contributed by atoms with Crippen LogP contribution in [-0.4, -0.2) is 42.8 Å². The minimum atomic E-state index is -4.02. The van der Waals surface area contributed by atoms with Crippen LogP contribution >= 0.6 is 0 Å². The molecule has 0 unspecified atom stereocenters. The Morgan fingerprint density at radius 1 is 0.929 bits per heavy atom. The van der Waals surface area contributed by atoms with E-state index in [1.165, 1.54) is 33.6 Å². The summed E-state index contributed by atoms with van der Waals surface area (Å²) in [5.74, 6) is 0.211. The number of carbonyl (C=O) groups is 1. The number of anilines is 2. The number of fused-ring (bicyclic) bond motifs is 1. The van der Waals surface area contributed by atoms with Gasteiger partial charge in [0.2, 0.25) is 15.6 Å². The van der Waals surface area contributed by atoms with Gasteiger partial charge in [-0.1, -0.05) is 12.1 Å². The Morgan fingerprint density at radius 2 is 1.54 bits per heavy atom. The average Bonchev–Trinajstić information content (AvgIpc) is 2.72. The van der Waals surface area contributed by atoms with Crippen molar-refractivity contribution in [1.82, 2.24) is 0 Å². The standard InChI is InChI=1S/C19H19NO7S/c1-24-14-9-12(10-15(25-2)18(14)26-3)20-11-17(19(21)27-4)28(22,23)16-8-6-5-7-13(16)20/h5-11H,1-4H3. The van der Waals surface area contributed by atoms with Crippen LogP contribution in [-0.2, 0) is 19.4 Å². The van der Waals surface area contributed by atoms with Crippen LogP contribution in [0.4, 0.5) is 11.4 Å². The second kappa shape index (κ2) is 7.43. The van der Waals surface area contributed by atoms with Crippen molar-refractivity contribution in [1.29, 1.82) is 0 Å². The number of ether oxygens (including phenoxy) is 4. The van der Waals surface area contributed by atoms with Gasteiger partial charge in [0.15, 0.2) is 16.4 Å². The van der Waals surface area contributed by atoms with E-state index >= 15 is 0 Å². The molecule has 0 fully saturated rings. The Bertz CT molecular complexity index is 1030. The smallest absolute Gasteiger partial charge is 0.351 e. The molecule has 2 aromatic carbocycles. The molecule has 1 heterocycles. The Kier molecular flexibility index (Phi) is 5.19. The number of nitrogens with zero attached hydrogens (tertiary/aromatic N) is 1. The lowest BCUT2D eigenvalue weighted by molar-refractivity contribution is -0.135. The van der Waals surface area contributed by atoms with E-state index in [2.05, 4.69) is 4.74 Å². The maximum absolute atomic E-state index is 12.9. The Morgan fingerprint density at radius 3 is 2.07 bits per heavy atom. The van der Waals surface area contributed by atoms with Crippen molar-refractivity contribution >= 4 is 27.2 Å². The molecule has 2 aromatic rings. The van der Waals surface area contributed by atoms with Crippen LogP contribution < -0.4 is 19.1 Å². The zero-order valence-corrected chi connectivity index (χ0v) is 16.6. The number of para-hydroxylation sites is 1. The van der Waals surface area contributed by atoms with Crippen LogP contribution in [0.5, 0.6) is 17.2 Å². The minimum Gasteiger partial charge on any atom is -0.493 e. The molecule has 0 amide bonds. The Labute approximate surface area is 162 Å². The number of benzene rings is 2. The largest absolute Gasteiger partial charge is 0.493 e. The van der Waals surface area contributed by atoms with E-state index < -0.39 is 20.7 Å². The first-order valence-electron chi connectivity index (χ1n) is 8.12. The van der Waals surface area contributed by atoms with Gasteiger partial charge in [0.25, 0.3) is 0 Å². The number of hydrogen-bond acceptors (Lipinski definition) is 8. The number of rotatable bonds is 5.